The number of halogens is 1. The van der Waals surface area contributed by atoms with E-state index < -0.39 is 0 Å². The average Bonchev–Trinajstić information content (AvgIpc) is 2.57. The molecule has 0 saturated carbocycles. The number of hydrogen-bond donors (Lipinski definition) is 0. The highest BCUT2D eigenvalue weighted by Gasteiger charge is 2.28. The maximum absolute atomic E-state index is 3.67. The van der Waals surface area contributed by atoms with Crippen LogP contribution in [0.4, 0.5) is 0 Å². The monoisotopic (exact) mass is 236 g/mol. The van der Waals surface area contributed by atoms with E-state index in [0.29, 0.717) is 0 Å². The maximum atomic E-state index is 3.67. The molecule has 0 N–H and O–H groups in total. The molecule has 0 spiro atoms. The predicted octanol–water partition coefficient (Wildman–Crippen LogP) is 3.82. The van der Waals surface area contributed by atoms with Gasteiger partial charge in [-0.2, -0.15) is 0 Å². The van der Waals surface area contributed by atoms with Gasteiger partial charge in [-0.3, -0.25) is 0 Å². The van der Waals surface area contributed by atoms with Crippen LogP contribution in [0.15, 0.2) is 16.6 Å². The Bertz CT molecular complexity index is 354. The van der Waals surface area contributed by atoms with Crippen LogP contribution in [0.3, 0.4) is 0 Å². The first-order chi connectivity index (χ1) is 6.36. The smallest absolute Gasteiger partial charge is 0.0210 e. The van der Waals surface area contributed by atoms with Gasteiger partial charge in [0.15, 0.2) is 0 Å². The first kappa shape index (κ1) is 8.05. The molecule has 0 radical (unpaired) electrons. The largest absolute Gasteiger partial charge is 0.0576 e. The van der Waals surface area contributed by atoms with E-state index in [2.05, 4.69) is 28.1 Å². The zero-order chi connectivity index (χ0) is 8.84. The van der Waals surface area contributed by atoms with Crippen molar-refractivity contribution in [2.24, 2.45) is 0 Å². The molecule has 0 amide bonds. The van der Waals surface area contributed by atoms with E-state index >= 15 is 0 Å². The fourth-order valence-electron chi connectivity index (χ4n) is 2.96. The summed E-state index contributed by atoms with van der Waals surface area (Å²) in [5.41, 5.74) is 4.95. The minimum Gasteiger partial charge on any atom is -0.0576 e. The molecule has 1 aromatic rings. The molecule has 1 unspecified atom stereocenters. The van der Waals surface area contributed by atoms with Crippen LogP contribution in [0.1, 0.15) is 41.9 Å². The highest BCUT2D eigenvalue weighted by atomic mass is 79.9. The molecule has 0 aliphatic heterocycles. The van der Waals surface area contributed by atoms with Crippen LogP contribution in [0.25, 0.3) is 0 Å². The van der Waals surface area contributed by atoms with Gasteiger partial charge in [-0.1, -0.05) is 22.0 Å². The van der Waals surface area contributed by atoms with Gasteiger partial charge < -0.3 is 0 Å². The Hall–Kier alpha value is -0.300. The van der Waals surface area contributed by atoms with Gasteiger partial charge in [0.05, 0.1) is 0 Å². The summed E-state index contributed by atoms with van der Waals surface area (Å²) >= 11 is 3.67. The topological polar surface area (TPSA) is 0 Å². The molecule has 1 aromatic carbocycles. The van der Waals surface area contributed by atoms with Crippen LogP contribution in [-0.4, -0.2) is 0 Å². The number of rotatable bonds is 0. The van der Waals surface area contributed by atoms with E-state index in [4.69, 9.17) is 0 Å². The first-order valence-electron chi connectivity index (χ1n) is 5.16. The molecule has 2 aliphatic rings. The van der Waals surface area contributed by atoms with Crippen molar-refractivity contribution in [3.05, 3.63) is 33.3 Å². The highest BCUT2D eigenvalue weighted by molar-refractivity contribution is 9.10. The summed E-state index contributed by atoms with van der Waals surface area (Å²) in [4.78, 5) is 0. The van der Waals surface area contributed by atoms with Crippen LogP contribution in [0.2, 0.25) is 0 Å². The quantitative estimate of drug-likeness (QED) is 0.643. The van der Waals surface area contributed by atoms with Crippen molar-refractivity contribution in [3.8, 4) is 0 Å². The van der Waals surface area contributed by atoms with Gasteiger partial charge in [0.25, 0.3) is 0 Å². The third-order valence-electron chi connectivity index (χ3n) is 3.54. The van der Waals surface area contributed by atoms with Gasteiger partial charge in [0.2, 0.25) is 0 Å². The summed E-state index contributed by atoms with van der Waals surface area (Å²) in [6, 6.07) is 4.55. The summed E-state index contributed by atoms with van der Waals surface area (Å²) in [6.07, 6.45) is 6.83. The molecular formula is C12H13Br. The third-order valence-corrected chi connectivity index (χ3v) is 4.28. The zero-order valence-corrected chi connectivity index (χ0v) is 9.23. The predicted molar refractivity (Wildman–Crippen MR) is 58.1 cm³/mol. The Morgan fingerprint density at radius 2 is 2.08 bits per heavy atom. The van der Waals surface area contributed by atoms with Gasteiger partial charge in [-0.25, -0.2) is 0 Å². The molecule has 13 heavy (non-hydrogen) atoms. The number of benzene rings is 1. The van der Waals surface area contributed by atoms with Crippen LogP contribution in [0.5, 0.6) is 0 Å². The summed E-state index contributed by atoms with van der Waals surface area (Å²) in [6.45, 7) is 0. The van der Waals surface area contributed by atoms with Crippen LogP contribution in [0, 0.1) is 0 Å². The lowest BCUT2D eigenvalue weighted by Crippen LogP contribution is -2.07. The highest BCUT2D eigenvalue weighted by Crippen LogP contribution is 2.44. The van der Waals surface area contributed by atoms with E-state index in [1.165, 1.54) is 36.6 Å². The molecule has 68 valence electrons. The van der Waals surface area contributed by atoms with Gasteiger partial charge in [0.1, 0.15) is 0 Å². The minimum absolute atomic E-state index is 0.899. The van der Waals surface area contributed by atoms with Gasteiger partial charge in [-0.15, -0.1) is 0 Å². The van der Waals surface area contributed by atoms with Gasteiger partial charge in [0, 0.05) is 4.47 Å². The summed E-state index contributed by atoms with van der Waals surface area (Å²) < 4.78 is 1.35. The molecule has 3 rings (SSSR count). The van der Waals surface area contributed by atoms with Crippen molar-refractivity contribution in [1.29, 1.82) is 0 Å². The Labute approximate surface area is 87.5 Å². The molecule has 0 aromatic heterocycles. The fourth-order valence-corrected chi connectivity index (χ4v) is 3.50. The van der Waals surface area contributed by atoms with E-state index in [1.54, 1.807) is 16.7 Å². The molecule has 0 saturated heterocycles. The molecule has 0 heterocycles. The van der Waals surface area contributed by atoms with Crippen LogP contribution >= 0.6 is 15.9 Å². The average molecular weight is 237 g/mol. The van der Waals surface area contributed by atoms with Crippen molar-refractivity contribution in [2.75, 3.05) is 0 Å². The second kappa shape index (κ2) is 2.84. The standard InChI is InChI=1S/C12H13Br/c13-11-7-6-9-5-4-8-2-1-3-10(11)12(8)9/h6-8H,1-5H2. The fraction of sp³-hybridized carbons (Fsp3) is 0.500. The first-order valence-corrected chi connectivity index (χ1v) is 5.95. The SMILES string of the molecule is Brc1ccc2c3c1CCCC3CC2. The lowest BCUT2D eigenvalue weighted by molar-refractivity contribution is 0.554. The minimum atomic E-state index is 0.899. The molecule has 0 bridgehead atoms. The lowest BCUT2D eigenvalue weighted by atomic mass is 9.84. The normalized spacial score (nSPS) is 24.5. The molecule has 0 fully saturated rings. The van der Waals surface area contributed by atoms with Crippen LogP contribution in [-0.2, 0) is 12.8 Å². The van der Waals surface area contributed by atoms with Crippen molar-refractivity contribution in [3.63, 3.8) is 0 Å². The van der Waals surface area contributed by atoms with Gasteiger partial charge in [-0.05, 0) is 60.8 Å². The van der Waals surface area contributed by atoms with E-state index in [1.807, 2.05) is 0 Å². The number of hydrogen-bond acceptors (Lipinski definition) is 0. The molecule has 0 nitrogen and oxygen atoms in total. The second-order valence-electron chi connectivity index (χ2n) is 4.23. The Balaban J connectivity index is 2.26. The Morgan fingerprint density at radius 3 is 3.00 bits per heavy atom. The zero-order valence-electron chi connectivity index (χ0n) is 7.65. The van der Waals surface area contributed by atoms with Crippen molar-refractivity contribution in [1.82, 2.24) is 0 Å². The summed E-state index contributed by atoms with van der Waals surface area (Å²) in [7, 11) is 0. The molecule has 2 aliphatic carbocycles. The second-order valence-corrected chi connectivity index (χ2v) is 5.08. The van der Waals surface area contributed by atoms with Crippen molar-refractivity contribution in [2.45, 2.75) is 38.0 Å². The Kier molecular flexibility index (Phi) is 1.76. The van der Waals surface area contributed by atoms with Gasteiger partial charge >= 0.3 is 0 Å². The van der Waals surface area contributed by atoms with E-state index in [9.17, 15) is 0 Å². The maximum Gasteiger partial charge on any atom is 0.0210 e. The summed E-state index contributed by atoms with van der Waals surface area (Å²) in [5, 5.41) is 0. The van der Waals surface area contributed by atoms with Crippen molar-refractivity contribution < 1.29 is 0 Å². The third kappa shape index (κ3) is 1.10. The summed E-state index contributed by atoms with van der Waals surface area (Å²) in [5.74, 6) is 0.899. The molecular weight excluding hydrogens is 224 g/mol. The lowest BCUT2D eigenvalue weighted by Gasteiger charge is -2.22. The molecule has 1 heteroatoms. The number of aryl methyl sites for hydroxylation is 1. The van der Waals surface area contributed by atoms with Crippen molar-refractivity contribution >= 4 is 15.9 Å². The van der Waals surface area contributed by atoms with E-state index in [0.717, 1.165) is 5.92 Å². The molecule has 1 atom stereocenters. The van der Waals surface area contributed by atoms with E-state index in [-0.39, 0.29) is 0 Å². The Morgan fingerprint density at radius 1 is 1.15 bits per heavy atom. The van der Waals surface area contributed by atoms with Crippen LogP contribution < -0.4 is 0 Å².